The molecule has 0 radical (unpaired) electrons. The topological polar surface area (TPSA) is 64.9 Å². The number of rotatable bonds is 3. The van der Waals surface area contributed by atoms with E-state index in [1.807, 2.05) is 0 Å². The Morgan fingerprint density at radius 3 is 3.08 bits per heavy atom. The van der Waals surface area contributed by atoms with Crippen molar-refractivity contribution in [2.24, 2.45) is 5.73 Å². The van der Waals surface area contributed by atoms with Gasteiger partial charge in [0.25, 0.3) is 0 Å². The molecule has 2 N–H and O–H groups in total. The van der Waals surface area contributed by atoms with Crippen molar-refractivity contribution in [3.05, 3.63) is 23.9 Å². The Hall–Kier alpha value is -1.20. The van der Waals surface area contributed by atoms with Crippen LogP contribution >= 0.6 is 11.3 Å². The van der Waals surface area contributed by atoms with Gasteiger partial charge in [-0.3, -0.25) is 0 Å². The third-order valence-electron chi connectivity index (χ3n) is 1.69. The van der Waals surface area contributed by atoms with Crippen molar-refractivity contribution in [3.63, 3.8) is 0 Å². The van der Waals surface area contributed by atoms with Crippen molar-refractivity contribution in [3.8, 4) is 10.6 Å². The molecule has 0 atom stereocenters. The molecule has 2 rings (SSSR count). The van der Waals surface area contributed by atoms with E-state index in [-0.39, 0.29) is 0 Å². The number of thiazole rings is 1. The van der Waals surface area contributed by atoms with Gasteiger partial charge >= 0.3 is 0 Å². The molecule has 0 aliphatic rings. The molecule has 2 heterocycles. The van der Waals surface area contributed by atoms with E-state index in [1.165, 1.54) is 6.39 Å². The lowest BCUT2D eigenvalue weighted by Crippen LogP contribution is -2.03. The van der Waals surface area contributed by atoms with Crippen molar-refractivity contribution >= 4 is 11.3 Å². The van der Waals surface area contributed by atoms with Crippen LogP contribution < -0.4 is 5.73 Å². The summed E-state index contributed by atoms with van der Waals surface area (Å²) in [5.41, 5.74) is 9.10. The molecule has 5 heteroatoms. The molecule has 13 heavy (non-hydrogen) atoms. The standard InChI is InChI=1S/C8H9N3OS/c9-2-1-6-8(13-5-11-6)7-3-12-4-10-7/h3-5H,1-2,9H2. The highest BCUT2D eigenvalue weighted by Crippen LogP contribution is 2.25. The number of hydrogen-bond acceptors (Lipinski definition) is 5. The summed E-state index contributed by atoms with van der Waals surface area (Å²) in [4.78, 5) is 9.34. The maximum Gasteiger partial charge on any atom is 0.181 e. The summed E-state index contributed by atoms with van der Waals surface area (Å²) in [5, 5.41) is 0. The fourth-order valence-electron chi connectivity index (χ4n) is 1.12. The van der Waals surface area contributed by atoms with Crippen molar-refractivity contribution in [2.45, 2.75) is 6.42 Å². The number of oxazole rings is 1. The van der Waals surface area contributed by atoms with Gasteiger partial charge in [0.05, 0.1) is 16.1 Å². The zero-order chi connectivity index (χ0) is 9.10. The second kappa shape index (κ2) is 3.68. The third-order valence-corrected chi connectivity index (χ3v) is 2.58. The third kappa shape index (κ3) is 1.61. The predicted molar refractivity (Wildman–Crippen MR) is 50.4 cm³/mol. The summed E-state index contributed by atoms with van der Waals surface area (Å²) in [6.45, 7) is 0.606. The van der Waals surface area contributed by atoms with Crippen LogP contribution in [0.2, 0.25) is 0 Å². The Kier molecular flexibility index (Phi) is 2.37. The summed E-state index contributed by atoms with van der Waals surface area (Å²) >= 11 is 1.56. The van der Waals surface area contributed by atoms with Crippen LogP contribution in [0.3, 0.4) is 0 Å². The molecule has 68 valence electrons. The molecule has 0 amide bonds. The molecule has 0 spiro atoms. The zero-order valence-electron chi connectivity index (χ0n) is 6.93. The highest BCUT2D eigenvalue weighted by atomic mass is 32.1. The Balaban J connectivity index is 2.35. The molecule has 2 aromatic rings. The molecule has 0 aliphatic carbocycles. The van der Waals surface area contributed by atoms with E-state index in [1.54, 1.807) is 23.1 Å². The van der Waals surface area contributed by atoms with Gasteiger partial charge in [0.1, 0.15) is 12.0 Å². The molecule has 0 saturated carbocycles. The quantitative estimate of drug-likeness (QED) is 0.801. The van der Waals surface area contributed by atoms with E-state index in [0.29, 0.717) is 6.54 Å². The van der Waals surface area contributed by atoms with Gasteiger partial charge in [-0.15, -0.1) is 11.3 Å². The molecule has 0 aliphatic heterocycles. The molecule has 2 aromatic heterocycles. The van der Waals surface area contributed by atoms with Gasteiger partial charge in [0.2, 0.25) is 0 Å². The van der Waals surface area contributed by atoms with Crippen LogP contribution in [0.25, 0.3) is 10.6 Å². The molecule has 0 bridgehead atoms. The van der Waals surface area contributed by atoms with Crippen molar-refractivity contribution in [1.82, 2.24) is 9.97 Å². The summed E-state index contributed by atoms with van der Waals surface area (Å²) in [5.74, 6) is 0. The average molecular weight is 195 g/mol. The summed E-state index contributed by atoms with van der Waals surface area (Å²) in [6, 6.07) is 0. The van der Waals surface area contributed by atoms with Crippen LogP contribution in [0.1, 0.15) is 5.69 Å². The molecule has 0 saturated heterocycles. The average Bonchev–Trinajstić information content (AvgIpc) is 2.71. The Morgan fingerprint density at radius 1 is 1.46 bits per heavy atom. The van der Waals surface area contributed by atoms with Crippen molar-refractivity contribution in [2.75, 3.05) is 6.54 Å². The summed E-state index contributed by atoms with van der Waals surface area (Å²) < 4.78 is 4.91. The van der Waals surface area contributed by atoms with Gasteiger partial charge in [-0.1, -0.05) is 0 Å². The first kappa shape index (κ1) is 8.40. The van der Waals surface area contributed by atoms with Crippen LogP contribution in [-0.2, 0) is 6.42 Å². The van der Waals surface area contributed by atoms with Crippen LogP contribution in [0, 0.1) is 0 Å². The van der Waals surface area contributed by atoms with Gasteiger partial charge in [0, 0.05) is 6.42 Å². The van der Waals surface area contributed by atoms with Gasteiger partial charge in [-0.05, 0) is 6.54 Å². The van der Waals surface area contributed by atoms with Crippen molar-refractivity contribution < 1.29 is 4.42 Å². The Labute approximate surface area is 79.4 Å². The molecule has 0 aromatic carbocycles. The van der Waals surface area contributed by atoms with Gasteiger partial charge < -0.3 is 10.2 Å². The minimum atomic E-state index is 0.606. The maximum atomic E-state index is 5.46. The first-order chi connectivity index (χ1) is 6.42. The number of nitrogens with two attached hydrogens (primary N) is 1. The lowest BCUT2D eigenvalue weighted by Gasteiger charge is -1.94. The van der Waals surface area contributed by atoms with E-state index in [2.05, 4.69) is 9.97 Å². The Morgan fingerprint density at radius 2 is 2.38 bits per heavy atom. The monoisotopic (exact) mass is 195 g/mol. The van der Waals surface area contributed by atoms with Gasteiger partial charge in [-0.25, -0.2) is 9.97 Å². The first-order valence-electron chi connectivity index (χ1n) is 3.93. The van der Waals surface area contributed by atoms with Crippen LogP contribution in [0.5, 0.6) is 0 Å². The highest BCUT2D eigenvalue weighted by molar-refractivity contribution is 7.13. The van der Waals surface area contributed by atoms with Crippen LogP contribution in [-0.4, -0.2) is 16.5 Å². The van der Waals surface area contributed by atoms with E-state index in [9.17, 15) is 0 Å². The Bertz CT molecular complexity index is 368. The maximum absolute atomic E-state index is 5.46. The molecule has 0 unspecified atom stereocenters. The lowest BCUT2D eigenvalue weighted by molar-refractivity contribution is 0.558. The van der Waals surface area contributed by atoms with E-state index >= 15 is 0 Å². The molecule has 4 nitrogen and oxygen atoms in total. The SMILES string of the molecule is NCCc1ncsc1-c1cocn1. The smallest absolute Gasteiger partial charge is 0.181 e. The number of hydrogen-bond donors (Lipinski definition) is 1. The van der Waals surface area contributed by atoms with E-state index < -0.39 is 0 Å². The molecule has 0 fully saturated rings. The largest absolute Gasteiger partial charge is 0.451 e. The predicted octanol–water partition coefficient (Wildman–Crippen LogP) is 1.30. The highest BCUT2D eigenvalue weighted by Gasteiger charge is 2.09. The lowest BCUT2D eigenvalue weighted by atomic mass is 10.2. The molecular formula is C8H9N3OS. The first-order valence-corrected chi connectivity index (χ1v) is 4.80. The minimum Gasteiger partial charge on any atom is -0.451 e. The van der Waals surface area contributed by atoms with Gasteiger partial charge in [-0.2, -0.15) is 0 Å². The second-order valence-electron chi connectivity index (χ2n) is 2.54. The second-order valence-corrected chi connectivity index (χ2v) is 3.40. The van der Waals surface area contributed by atoms with Crippen LogP contribution in [0.4, 0.5) is 0 Å². The minimum absolute atomic E-state index is 0.606. The fourth-order valence-corrected chi connectivity index (χ4v) is 1.91. The van der Waals surface area contributed by atoms with E-state index in [4.69, 9.17) is 10.2 Å². The van der Waals surface area contributed by atoms with Crippen molar-refractivity contribution in [1.29, 1.82) is 0 Å². The summed E-state index contributed by atoms with van der Waals surface area (Å²) in [6.07, 6.45) is 3.82. The van der Waals surface area contributed by atoms with Crippen LogP contribution in [0.15, 0.2) is 22.6 Å². The van der Waals surface area contributed by atoms with Gasteiger partial charge in [0.15, 0.2) is 6.39 Å². The zero-order valence-corrected chi connectivity index (χ0v) is 7.75. The van der Waals surface area contributed by atoms with E-state index in [0.717, 1.165) is 22.7 Å². The fraction of sp³-hybridized carbons (Fsp3) is 0.250. The normalized spacial score (nSPS) is 10.5. The summed E-state index contributed by atoms with van der Waals surface area (Å²) in [7, 11) is 0. The molecular weight excluding hydrogens is 186 g/mol. The number of aromatic nitrogens is 2. The number of nitrogens with zero attached hydrogens (tertiary/aromatic N) is 2.